The largest absolute Gasteiger partial charge is 0.477 e. The summed E-state index contributed by atoms with van der Waals surface area (Å²) in [5.74, 6) is -1.14. The van der Waals surface area contributed by atoms with E-state index in [1.165, 1.54) is 29.8 Å². The molecule has 1 N–H and O–H groups in total. The lowest BCUT2D eigenvalue weighted by atomic mass is 10.1. The third-order valence-electron chi connectivity index (χ3n) is 2.91. The molecule has 0 amide bonds. The van der Waals surface area contributed by atoms with Gasteiger partial charge in [0.2, 0.25) is 0 Å². The molecule has 7 heteroatoms. The number of benzene rings is 1. The molecule has 0 bridgehead atoms. The third-order valence-corrected chi connectivity index (χ3v) is 3.60. The maximum atomic E-state index is 12.7. The van der Waals surface area contributed by atoms with Gasteiger partial charge < -0.3 is 9.67 Å². The van der Waals surface area contributed by atoms with Crippen molar-refractivity contribution in [1.82, 2.24) is 4.57 Å². The Balaban J connectivity index is 2.61. The van der Waals surface area contributed by atoms with Gasteiger partial charge in [-0.2, -0.15) is 13.2 Å². The number of aromatic carboxylic acids is 1. The normalized spacial score (nSPS) is 11.7. The van der Waals surface area contributed by atoms with Gasteiger partial charge in [0.15, 0.2) is 0 Å². The monoisotopic (exact) mass is 347 g/mol. The summed E-state index contributed by atoms with van der Waals surface area (Å²) in [4.78, 5) is 11.0. The molecule has 0 fully saturated rings. The number of carboxylic acid groups (broad SMARTS) is 1. The Bertz CT molecular complexity index is 677. The molecule has 1 aromatic carbocycles. The van der Waals surface area contributed by atoms with Gasteiger partial charge in [0.1, 0.15) is 5.69 Å². The predicted molar refractivity (Wildman–Crippen MR) is 70.5 cm³/mol. The number of halogens is 4. The van der Waals surface area contributed by atoms with Crippen LogP contribution in [0.15, 0.2) is 34.8 Å². The SMILES string of the molecule is Cn1c(C(=O)O)ccc1-c1cc(C(F)(F)F)ccc1Br. The summed E-state index contributed by atoms with van der Waals surface area (Å²) in [6.07, 6.45) is -4.45. The number of rotatable bonds is 2. The number of aromatic nitrogens is 1. The van der Waals surface area contributed by atoms with E-state index in [-0.39, 0.29) is 11.3 Å². The van der Waals surface area contributed by atoms with E-state index in [0.717, 1.165) is 12.1 Å². The van der Waals surface area contributed by atoms with Gasteiger partial charge in [-0.25, -0.2) is 4.79 Å². The molecule has 0 aliphatic heterocycles. The minimum Gasteiger partial charge on any atom is -0.477 e. The average molecular weight is 348 g/mol. The number of carbonyl (C=O) groups is 1. The Labute approximate surface area is 120 Å². The Morgan fingerprint density at radius 2 is 1.90 bits per heavy atom. The summed E-state index contributed by atoms with van der Waals surface area (Å²) < 4.78 is 40.0. The minimum atomic E-state index is -4.45. The van der Waals surface area contributed by atoms with Crippen LogP contribution >= 0.6 is 15.9 Å². The van der Waals surface area contributed by atoms with Crippen molar-refractivity contribution < 1.29 is 23.1 Å². The van der Waals surface area contributed by atoms with Gasteiger partial charge in [-0.1, -0.05) is 15.9 Å². The van der Waals surface area contributed by atoms with Crippen molar-refractivity contribution in [1.29, 1.82) is 0 Å². The molecule has 20 heavy (non-hydrogen) atoms. The molecule has 0 atom stereocenters. The van der Waals surface area contributed by atoms with E-state index in [9.17, 15) is 18.0 Å². The fraction of sp³-hybridized carbons (Fsp3) is 0.154. The Hall–Kier alpha value is -1.76. The van der Waals surface area contributed by atoms with E-state index in [0.29, 0.717) is 10.2 Å². The van der Waals surface area contributed by atoms with Crippen molar-refractivity contribution in [2.75, 3.05) is 0 Å². The van der Waals surface area contributed by atoms with Crippen LogP contribution in [0.5, 0.6) is 0 Å². The van der Waals surface area contributed by atoms with Gasteiger partial charge in [-0.15, -0.1) is 0 Å². The molecule has 1 aromatic heterocycles. The van der Waals surface area contributed by atoms with Crippen molar-refractivity contribution in [2.24, 2.45) is 7.05 Å². The van der Waals surface area contributed by atoms with Crippen LogP contribution in [0.3, 0.4) is 0 Å². The summed E-state index contributed by atoms with van der Waals surface area (Å²) in [5, 5.41) is 8.97. The van der Waals surface area contributed by atoms with E-state index in [1.54, 1.807) is 0 Å². The Morgan fingerprint density at radius 1 is 1.25 bits per heavy atom. The van der Waals surface area contributed by atoms with Crippen LogP contribution in [0.2, 0.25) is 0 Å². The van der Waals surface area contributed by atoms with Crippen LogP contribution < -0.4 is 0 Å². The first-order chi connectivity index (χ1) is 9.21. The van der Waals surface area contributed by atoms with Crippen LogP contribution in [0.25, 0.3) is 11.3 Å². The first-order valence-electron chi connectivity index (χ1n) is 5.48. The second kappa shape index (κ2) is 4.97. The number of hydrogen-bond acceptors (Lipinski definition) is 1. The van der Waals surface area contributed by atoms with Gasteiger partial charge in [-0.3, -0.25) is 0 Å². The van der Waals surface area contributed by atoms with E-state index < -0.39 is 17.7 Å². The van der Waals surface area contributed by atoms with Gasteiger partial charge in [0.05, 0.1) is 5.56 Å². The third kappa shape index (κ3) is 2.58. The summed E-state index contributed by atoms with van der Waals surface area (Å²) in [7, 11) is 1.49. The van der Waals surface area contributed by atoms with Crippen molar-refractivity contribution in [3.63, 3.8) is 0 Å². The molecule has 106 valence electrons. The lowest BCUT2D eigenvalue weighted by molar-refractivity contribution is -0.137. The highest BCUT2D eigenvalue weighted by Gasteiger charge is 2.31. The zero-order valence-corrected chi connectivity index (χ0v) is 11.8. The number of nitrogens with zero attached hydrogens (tertiary/aromatic N) is 1. The van der Waals surface area contributed by atoms with Crippen molar-refractivity contribution in [2.45, 2.75) is 6.18 Å². The molecular formula is C13H9BrF3NO2. The summed E-state index contributed by atoms with van der Waals surface area (Å²) in [6, 6.07) is 6.08. The molecule has 0 unspecified atom stereocenters. The smallest absolute Gasteiger partial charge is 0.416 e. The first kappa shape index (κ1) is 14.6. The highest BCUT2D eigenvalue weighted by Crippen LogP contribution is 2.36. The van der Waals surface area contributed by atoms with Gasteiger partial charge in [0.25, 0.3) is 0 Å². The number of alkyl halides is 3. The summed E-state index contributed by atoms with van der Waals surface area (Å²) >= 11 is 3.19. The fourth-order valence-electron chi connectivity index (χ4n) is 1.89. The second-order valence-corrected chi connectivity index (χ2v) is 5.01. The van der Waals surface area contributed by atoms with E-state index in [2.05, 4.69) is 15.9 Å². The summed E-state index contributed by atoms with van der Waals surface area (Å²) in [6.45, 7) is 0. The zero-order chi connectivity index (χ0) is 15.1. The lowest BCUT2D eigenvalue weighted by Crippen LogP contribution is -2.07. The number of hydrogen-bond donors (Lipinski definition) is 1. The molecule has 2 rings (SSSR count). The van der Waals surface area contributed by atoms with Crippen LogP contribution in [-0.2, 0) is 13.2 Å². The van der Waals surface area contributed by atoms with Gasteiger partial charge in [0, 0.05) is 22.8 Å². The molecule has 1 heterocycles. The fourth-order valence-corrected chi connectivity index (χ4v) is 2.34. The quantitative estimate of drug-likeness (QED) is 0.885. The van der Waals surface area contributed by atoms with Gasteiger partial charge >= 0.3 is 12.1 Å². The summed E-state index contributed by atoms with van der Waals surface area (Å²) in [5.41, 5.74) is -0.103. The standard InChI is InChI=1S/C13H9BrF3NO2/c1-18-10(4-5-11(18)12(19)20)8-6-7(13(15,16)17)2-3-9(8)14/h2-6H,1H3,(H,19,20). The molecule has 0 spiro atoms. The molecule has 0 saturated carbocycles. The van der Waals surface area contributed by atoms with Crippen LogP contribution in [-0.4, -0.2) is 15.6 Å². The van der Waals surface area contributed by atoms with Crippen LogP contribution in [0.4, 0.5) is 13.2 Å². The number of carboxylic acids is 1. The molecule has 0 aliphatic carbocycles. The molecule has 0 saturated heterocycles. The average Bonchev–Trinajstić information content (AvgIpc) is 2.70. The van der Waals surface area contributed by atoms with Crippen molar-refractivity contribution >= 4 is 21.9 Å². The van der Waals surface area contributed by atoms with Crippen LogP contribution in [0.1, 0.15) is 16.1 Å². The Morgan fingerprint density at radius 3 is 2.40 bits per heavy atom. The van der Waals surface area contributed by atoms with Crippen LogP contribution in [0, 0.1) is 0 Å². The maximum absolute atomic E-state index is 12.7. The van der Waals surface area contributed by atoms with E-state index in [4.69, 9.17) is 5.11 Å². The Kier molecular flexibility index (Phi) is 3.64. The zero-order valence-electron chi connectivity index (χ0n) is 10.2. The minimum absolute atomic E-state index is 0.00399. The van der Waals surface area contributed by atoms with Crippen molar-refractivity contribution in [3.05, 3.63) is 46.1 Å². The maximum Gasteiger partial charge on any atom is 0.416 e. The van der Waals surface area contributed by atoms with Crippen molar-refractivity contribution in [3.8, 4) is 11.3 Å². The molecule has 0 radical (unpaired) electrons. The van der Waals surface area contributed by atoms with E-state index in [1.807, 2.05) is 0 Å². The topological polar surface area (TPSA) is 42.2 Å². The molecule has 0 aliphatic rings. The molecule has 2 aromatic rings. The highest BCUT2D eigenvalue weighted by molar-refractivity contribution is 9.10. The second-order valence-electron chi connectivity index (χ2n) is 4.16. The molecular weight excluding hydrogens is 339 g/mol. The van der Waals surface area contributed by atoms with E-state index >= 15 is 0 Å². The van der Waals surface area contributed by atoms with Gasteiger partial charge in [-0.05, 0) is 30.3 Å². The lowest BCUT2D eigenvalue weighted by Gasteiger charge is -2.12. The highest BCUT2D eigenvalue weighted by atomic mass is 79.9. The first-order valence-corrected chi connectivity index (χ1v) is 6.27. The predicted octanol–water partition coefficient (Wildman–Crippen LogP) is 4.17. The molecule has 3 nitrogen and oxygen atoms in total.